The van der Waals surface area contributed by atoms with Crippen LogP contribution in [0.25, 0.3) is 0 Å². The van der Waals surface area contributed by atoms with E-state index in [-0.39, 0.29) is 12.6 Å². The molecule has 0 atom stereocenters. The molecule has 0 radical (unpaired) electrons. The summed E-state index contributed by atoms with van der Waals surface area (Å²) in [7, 11) is 0. The highest BCUT2D eigenvalue weighted by Crippen LogP contribution is 2.24. The van der Waals surface area contributed by atoms with Crippen molar-refractivity contribution < 1.29 is 9.53 Å². The van der Waals surface area contributed by atoms with Gasteiger partial charge in [-0.05, 0) is 48.5 Å². The van der Waals surface area contributed by atoms with Gasteiger partial charge in [-0.2, -0.15) is 0 Å². The third-order valence-corrected chi connectivity index (χ3v) is 4.81. The quantitative estimate of drug-likeness (QED) is 0.399. The molecule has 0 saturated heterocycles. The van der Waals surface area contributed by atoms with E-state index in [0.29, 0.717) is 21.4 Å². The highest BCUT2D eigenvalue weighted by molar-refractivity contribution is 7.80. The van der Waals surface area contributed by atoms with Crippen molar-refractivity contribution in [1.29, 1.82) is 0 Å². The number of ether oxygens (including phenoxy) is 1. The number of thiocarbonyl (C=S) groups is 1. The molecule has 4 nitrogen and oxygen atoms in total. The molecule has 0 bridgehead atoms. The minimum atomic E-state index is -0.466. The zero-order valence-corrected chi connectivity index (χ0v) is 17.5. The predicted molar refractivity (Wildman–Crippen MR) is 121 cm³/mol. The topological polar surface area (TPSA) is 50.4 Å². The molecule has 2 N–H and O–H groups in total. The van der Waals surface area contributed by atoms with E-state index in [1.54, 1.807) is 25.1 Å². The third kappa shape index (κ3) is 5.56. The molecule has 0 aliphatic carbocycles. The van der Waals surface area contributed by atoms with Gasteiger partial charge in [0, 0.05) is 5.69 Å². The maximum absolute atomic E-state index is 12.1. The van der Waals surface area contributed by atoms with E-state index >= 15 is 0 Å². The number of carbonyl (C=O) groups excluding carboxylic acids is 1. The average Bonchev–Trinajstić information content (AvgIpc) is 2.75. The van der Waals surface area contributed by atoms with Crippen LogP contribution in [0.3, 0.4) is 0 Å². The van der Waals surface area contributed by atoms with Gasteiger partial charge in [-0.1, -0.05) is 72.3 Å². The summed E-state index contributed by atoms with van der Waals surface area (Å²) < 4.78 is 5.05. The van der Waals surface area contributed by atoms with Crippen LogP contribution in [0, 0.1) is 0 Å². The van der Waals surface area contributed by atoms with E-state index in [2.05, 4.69) is 34.9 Å². The van der Waals surface area contributed by atoms with Crippen molar-refractivity contribution in [3.8, 4) is 0 Å². The van der Waals surface area contributed by atoms with E-state index in [1.165, 1.54) is 0 Å². The second kappa shape index (κ2) is 10.0. The van der Waals surface area contributed by atoms with E-state index in [1.807, 2.05) is 36.4 Å². The average molecular weight is 425 g/mol. The summed E-state index contributed by atoms with van der Waals surface area (Å²) in [6.07, 6.45) is 0. The lowest BCUT2D eigenvalue weighted by Crippen LogP contribution is -2.33. The molecule has 148 valence electrons. The maximum Gasteiger partial charge on any atom is 0.339 e. The van der Waals surface area contributed by atoms with Gasteiger partial charge in [-0.25, -0.2) is 4.79 Å². The molecule has 29 heavy (non-hydrogen) atoms. The van der Waals surface area contributed by atoms with Crippen LogP contribution in [-0.2, 0) is 4.74 Å². The van der Waals surface area contributed by atoms with Crippen molar-refractivity contribution in [2.45, 2.75) is 13.0 Å². The number of carbonyl (C=O) groups is 1. The number of hydrogen-bond acceptors (Lipinski definition) is 3. The summed E-state index contributed by atoms with van der Waals surface area (Å²) in [5.74, 6) is -0.466. The lowest BCUT2D eigenvalue weighted by Gasteiger charge is -2.22. The number of rotatable bonds is 6. The standard InChI is InChI=1S/C23H21ClN2O2S/c1-2-28-22(27)19-15-18(13-14-20(19)24)25-23(29)26-21(16-9-5-3-6-10-16)17-11-7-4-8-12-17/h3-15,21H,2H2,1H3,(H2,25,26,29). The summed E-state index contributed by atoms with van der Waals surface area (Å²) in [5.41, 5.74) is 3.12. The van der Waals surface area contributed by atoms with Crippen LogP contribution < -0.4 is 10.6 Å². The summed E-state index contributed by atoms with van der Waals surface area (Å²) in [5, 5.41) is 7.25. The zero-order valence-electron chi connectivity index (χ0n) is 15.9. The molecule has 3 rings (SSSR count). The molecule has 0 aromatic heterocycles. The number of esters is 1. The number of benzene rings is 3. The van der Waals surface area contributed by atoms with Crippen molar-refractivity contribution in [2.75, 3.05) is 11.9 Å². The Labute approximate surface area is 180 Å². The molecular weight excluding hydrogens is 404 g/mol. The van der Waals surface area contributed by atoms with Crippen LogP contribution in [0.5, 0.6) is 0 Å². The maximum atomic E-state index is 12.1. The first kappa shape index (κ1) is 20.8. The van der Waals surface area contributed by atoms with Gasteiger partial charge >= 0.3 is 5.97 Å². The predicted octanol–water partition coefficient (Wildman–Crippen LogP) is 5.59. The Morgan fingerprint density at radius 1 is 1.00 bits per heavy atom. The lowest BCUT2D eigenvalue weighted by atomic mass is 9.99. The highest BCUT2D eigenvalue weighted by Gasteiger charge is 2.16. The first-order valence-electron chi connectivity index (χ1n) is 9.22. The van der Waals surface area contributed by atoms with E-state index in [9.17, 15) is 4.79 Å². The minimum absolute atomic E-state index is 0.116. The second-order valence-electron chi connectivity index (χ2n) is 6.27. The van der Waals surface area contributed by atoms with Crippen LogP contribution in [0.2, 0.25) is 5.02 Å². The fourth-order valence-corrected chi connectivity index (χ4v) is 3.35. The molecule has 6 heteroatoms. The van der Waals surface area contributed by atoms with Crippen molar-refractivity contribution in [2.24, 2.45) is 0 Å². The molecule has 3 aromatic carbocycles. The number of anilines is 1. The van der Waals surface area contributed by atoms with Gasteiger partial charge in [0.05, 0.1) is 23.2 Å². The van der Waals surface area contributed by atoms with Crippen LogP contribution in [0.15, 0.2) is 78.9 Å². The van der Waals surface area contributed by atoms with Gasteiger partial charge in [-0.15, -0.1) is 0 Å². The Morgan fingerprint density at radius 2 is 1.59 bits per heavy atom. The Kier molecular flexibility index (Phi) is 7.22. The summed E-state index contributed by atoms with van der Waals surface area (Å²) >= 11 is 11.7. The van der Waals surface area contributed by atoms with Crippen LogP contribution in [-0.4, -0.2) is 17.7 Å². The SMILES string of the molecule is CCOC(=O)c1cc(NC(=S)NC(c2ccccc2)c2ccccc2)ccc1Cl. The van der Waals surface area contributed by atoms with Gasteiger partial charge in [-0.3, -0.25) is 0 Å². The Balaban J connectivity index is 1.79. The smallest absolute Gasteiger partial charge is 0.339 e. The highest BCUT2D eigenvalue weighted by atomic mass is 35.5. The molecular formula is C23H21ClN2O2S. The number of halogens is 1. The first-order valence-corrected chi connectivity index (χ1v) is 10.0. The fraction of sp³-hybridized carbons (Fsp3) is 0.130. The van der Waals surface area contributed by atoms with Gasteiger partial charge in [0.15, 0.2) is 5.11 Å². The van der Waals surface area contributed by atoms with E-state index < -0.39 is 5.97 Å². The van der Waals surface area contributed by atoms with Crippen molar-refractivity contribution in [3.63, 3.8) is 0 Å². The summed E-state index contributed by atoms with van der Waals surface area (Å²) in [6.45, 7) is 2.03. The molecule has 0 saturated carbocycles. The van der Waals surface area contributed by atoms with Crippen molar-refractivity contribution >= 4 is 40.6 Å². The second-order valence-corrected chi connectivity index (χ2v) is 7.08. The number of hydrogen-bond donors (Lipinski definition) is 2. The van der Waals surface area contributed by atoms with Crippen LogP contribution in [0.1, 0.15) is 34.5 Å². The normalized spacial score (nSPS) is 10.4. The fourth-order valence-electron chi connectivity index (χ4n) is 2.92. The van der Waals surface area contributed by atoms with E-state index in [4.69, 9.17) is 28.6 Å². The van der Waals surface area contributed by atoms with Crippen LogP contribution >= 0.6 is 23.8 Å². The van der Waals surface area contributed by atoms with Gasteiger partial charge in [0.25, 0.3) is 0 Å². The molecule has 0 heterocycles. The summed E-state index contributed by atoms with van der Waals surface area (Å²) in [6, 6.07) is 25.1. The third-order valence-electron chi connectivity index (χ3n) is 4.26. The first-order chi connectivity index (χ1) is 14.1. The van der Waals surface area contributed by atoms with Gasteiger partial charge < -0.3 is 15.4 Å². The Morgan fingerprint density at radius 3 is 2.14 bits per heavy atom. The Hall–Kier alpha value is -2.89. The van der Waals surface area contributed by atoms with E-state index in [0.717, 1.165) is 11.1 Å². The molecule has 0 amide bonds. The molecule has 0 unspecified atom stereocenters. The molecule has 0 aliphatic heterocycles. The molecule has 0 fully saturated rings. The molecule has 3 aromatic rings. The Bertz CT molecular complexity index is 941. The van der Waals surface area contributed by atoms with Crippen LogP contribution in [0.4, 0.5) is 5.69 Å². The lowest BCUT2D eigenvalue weighted by molar-refractivity contribution is 0.0526. The van der Waals surface area contributed by atoms with Crippen molar-refractivity contribution in [3.05, 3.63) is 101 Å². The molecule has 0 aliphatic rings. The number of nitrogens with one attached hydrogen (secondary N) is 2. The summed E-state index contributed by atoms with van der Waals surface area (Å²) in [4.78, 5) is 12.1. The van der Waals surface area contributed by atoms with Gasteiger partial charge in [0.1, 0.15) is 0 Å². The minimum Gasteiger partial charge on any atom is -0.462 e. The monoisotopic (exact) mass is 424 g/mol. The largest absolute Gasteiger partial charge is 0.462 e. The van der Waals surface area contributed by atoms with Crippen molar-refractivity contribution in [1.82, 2.24) is 5.32 Å². The molecule has 0 spiro atoms. The zero-order chi connectivity index (χ0) is 20.6. The van der Waals surface area contributed by atoms with Gasteiger partial charge in [0.2, 0.25) is 0 Å².